The van der Waals surface area contributed by atoms with Gasteiger partial charge in [-0.1, -0.05) is 12.1 Å². The van der Waals surface area contributed by atoms with Gasteiger partial charge in [0.05, 0.1) is 6.33 Å². The fraction of sp³-hybridized carbons (Fsp3) is 0.400. The molecule has 2 heterocycles. The number of aryl methyl sites for hydroxylation is 1. The van der Waals surface area contributed by atoms with Gasteiger partial charge < -0.3 is 9.67 Å². The molecular weight excluding hydrogens is 321 g/mol. The number of halogens is 1. The molecule has 1 aromatic heterocycles. The highest BCUT2D eigenvalue weighted by atomic mass is 32.2. The Bertz CT molecular complexity index is 789. The lowest BCUT2D eigenvalue weighted by atomic mass is 9.89. The van der Waals surface area contributed by atoms with Crippen molar-refractivity contribution in [1.29, 1.82) is 0 Å². The van der Waals surface area contributed by atoms with Crippen molar-refractivity contribution in [1.82, 2.24) is 13.9 Å². The highest BCUT2D eigenvalue weighted by Crippen LogP contribution is 2.35. The van der Waals surface area contributed by atoms with Gasteiger partial charge in [-0.05, 0) is 17.7 Å². The Morgan fingerprint density at radius 2 is 2.00 bits per heavy atom. The monoisotopic (exact) mass is 339 g/mol. The number of nitrogens with zero attached hydrogens (tertiary/aromatic N) is 3. The molecule has 0 aliphatic carbocycles. The number of rotatable bonds is 4. The summed E-state index contributed by atoms with van der Waals surface area (Å²) in [5, 5.41) is 9.59. The summed E-state index contributed by atoms with van der Waals surface area (Å²) in [5.41, 5.74) is 0.823. The molecule has 1 aliphatic heterocycles. The first-order valence-electron chi connectivity index (χ1n) is 7.26. The maximum absolute atomic E-state index is 13.1. The predicted octanol–water partition coefficient (Wildman–Crippen LogP) is 0.956. The van der Waals surface area contributed by atoms with Crippen LogP contribution in [-0.2, 0) is 17.1 Å². The van der Waals surface area contributed by atoms with Gasteiger partial charge in [-0.25, -0.2) is 17.8 Å². The smallest absolute Gasteiger partial charge is 0.262 e. The molecule has 124 valence electrons. The van der Waals surface area contributed by atoms with E-state index in [1.807, 2.05) is 0 Å². The molecular formula is C15H18FN3O3S. The second kappa shape index (κ2) is 6.03. The van der Waals surface area contributed by atoms with E-state index in [2.05, 4.69) is 4.98 Å². The number of aliphatic hydroxyl groups excluding tert-OH is 1. The largest absolute Gasteiger partial charge is 0.396 e. The van der Waals surface area contributed by atoms with Gasteiger partial charge in [0.1, 0.15) is 5.82 Å². The molecule has 2 atom stereocenters. The minimum Gasteiger partial charge on any atom is -0.396 e. The lowest BCUT2D eigenvalue weighted by Gasteiger charge is -2.16. The molecule has 1 N–H and O–H groups in total. The summed E-state index contributed by atoms with van der Waals surface area (Å²) >= 11 is 0. The third-order valence-electron chi connectivity index (χ3n) is 4.23. The fourth-order valence-corrected chi connectivity index (χ4v) is 4.44. The van der Waals surface area contributed by atoms with E-state index in [4.69, 9.17) is 0 Å². The molecule has 6 nitrogen and oxygen atoms in total. The Kier molecular flexibility index (Phi) is 4.22. The number of hydrogen-bond donors (Lipinski definition) is 1. The molecule has 1 fully saturated rings. The number of aliphatic hydroxyl groups is 1. The summed E-state index contributed by atoms with van der Waals surface area (Å²) in [6, 6.07) is 5.97. The van der Waals surface area contributed by atoms with Gasteiger partial charge in [-0.15, -0.1) is 0 Å². The van der Waals surface area contributed by atoms with Gasteiger partial charge in [0.15, 0.2) is 5.03 Å². The van der Waals surface area contributed by atoms with Crippen LogP contribution in [0.15, 0.2) is 41.8 Å². The number of imidazole rings is 1. The zero-order valence-electron chi connectivity index (χ0n) is 12.6. The zero-order chi connectivity index (χ0) is 16.6. The molecule has 1 saturated heterocycles. The first-order valence-corrected chi connectivity index (χ1v) is 8.70. The van der Waals surface area contributed by atoms with Crippen LogP contribution < -0.4 is 0 Å². The standard InChI is InChI=1S/C15H18FN3O3S/c1-18-8-15(17-10-18)23(21,22)19-6-12(9-20)14(7-19)11-2-4-13(16)5-3-11/h2-5,8,10,12,14,20H,6-7,9H2,1H3. The second-order valence-electron chi connectivity index (χ2n) is 5.80. The average molecular weight is 339 g/mol. The van der Waals surface area contributed by atoms with Crippen molar-refractivity contribution in [3.05, 3.63) is 48.2 Å². The van der Waals surface area contributed by atoms with Crippen LogP contribution in [0.3, 0.4) is 0 Å². The summed E-state index contributed by atoms with van der Waals surface area (Å²) in [6.45, 7) is 0.337. The van der Waals surface area contributed by atoms with Crippen LogP contribution in [-0.4, -0.2) is 47.1 Å². The maximum atomic E-state index is 13.1. The Morgan fingerprint density at radius 3 is 2.57 bits per heavy atom. The number of sulfonamides is 1. The van der Waals surface area contributed by atoms with E-state index < -0.39 is 10.0 Å². The van der Waals surface area contributed by atoms with Crippen LogP contribution in [0.25, 0.3) is 0 Å². The minimum atomic E-state index is -3.69. The predicted molar refractivity (Wildman–Crippen MR) is 81.7 cm³/mol. The second-order valence-corrected chi connectivity index (χ2v) is 7.68. The van der Waals surface area contributed by atoms with Gasteiger partial charge in [0.2, 0.25) is 0 Å². The Morgan fingerprint density at radius 1 is 1.30 bits per heavy atom. The van der Waals surface area contributed by atoms with Crippen LogP contribution in [0, 0.1) is 11.7 Å². The molecule has 1 aromatic carbocycles. The summed E-state index contributed by atoms with van der Waals surface area (Å²) in [7, 11) is -1.99. The molecule has 23 heavy (non-hydrogen) atoms. The van der Waals surface area contributed by atoms with E-state index in [0.717, 1.165) is 5.56 Å². The van der Waals surface area contributed by atoms with Crippen molar-refractivity contribution < 1.29 is 17.9 Å². The molecule has 0 bridgehead atoms. The molecule has 2 unspecified atom stereocenters. The third-order valence-corrected chi connectivity index (χ3v) is 5.94. The van der Waals surface area contributed by atoms with E-state index in [9.17, 15) is 17.9 Å². The maximum Gasteiger partial charge on any atom is 0.262 e. The van der Waals surface area contributed by atoms with E-state index in [1.165, 1.54) is 29.0 Å². The molecule has 3 rings (SSSR count). The van der Waals surface area contributed by atoms with Crippen LogP contribution in [0.5, 0.6) is 0 Å². The first kappa shape index (κ1) is 16.1. The van der Waals surface area contributed by atoms with Crippen molar-refractivity contribution in [3.8, 4) is 0 Å². The summed E-state index contributed by atoms with van der Waals surface area (Å²) < 4.78 is 41.3. The Labute approximate surface area is 134 Å². The Hall–Kier alpha value is -1.77. The molecule has 0 radical (unpaired) electrons. The summed E-state index contributed by atoms with van der Waals surface area (Å²) in [5.74, 6) is -0.733. The topological polar surface area (TPSA) is 75.4 Å². The highest BCUT2D eigenvalue weighted by Gasteiger charge is 2.40. The van der Waals surface area contributed by atoms with Gasteiger partial charge in [0, 0.05) is 44.8 Å². The Balaban J connectivity index is 1.88. The van der Waals surface area contributed by atoms with Crippen LogP contribution in [0.4, 0.5) is 4.39 Å². The van der Waals surface area contributed by atoms with Gasteiger partial charge in [0.25, 0.3) is 10.0 Å². The summed E-state index contributed by atoms with van der Waals surface area (Å²) in [6.07, 6.45) is 2.89. The third kappa shape index (κ3) is 3.01. The fourth-order valence-electron chi connectivity index (χ4n) is 2.95. The van der Waals surface area contributed by atoms with Crippen molar-refractivity contribution in [3.63, 3.8) is 0 Å². The average Bonchev–Trinajstić information content (AvgIpc) is 3.15. The lowest BCUT2D eigenvalue weighted by Crippen LogP contribution is -2.29. The lowest BCUT2D eigenvalue weighted by molar-refractivity contribution is 0.223. The summed E-state index contributed by atoms with van der Waals surface area (Å²) in [4.78, 5) is 3.91. The van der Waals surface area contributed by atoms with Crippen molar-refractivity contribution >= 4 is 10.0 Å². The van der Waals surface area contributed by atoms with Crippen molar-refractivity contribution in [2.75, 3.05) is 19.7 Å². The number of hydrogen-bond acceptors (Lipinski definition) is 4. The number of aromatic nitrogens is 2. The normalized spacial score (nSPS) is 22.6. The number of benzene rings is 1. The quantitative estimate of drug-likeness (QED) is 0.900. The van der Waals surface area contributed by atoms with Crippen molar-refractivity contribution in [2.24, 2.45) is 13.0 Å². The zero-order valence-corrected chi connectivity index (χ0v) is 13.4. The van der Waals surface area contributed by atoms with E-state index in [1.54, 1.807) is 23.7 Å². The van der Waals surface area contributed by atoms with E-state index >= 15 is 0 Å². The van der Waals surface area contributed by atoms with E-state index in [0.29, 0.717) is 0 Å². The SMILES string of the molecule is Cn1cnc(S(=O)(=O)N2CC(CO)C(c3ccc(F)cc3)C2)c1. The van der Waals surface area contributed by atoms with E-state index in [-0.39, 0.29) is 42.4 Å². The molecule has 0 spiro atoms. The minimum absolute atomic E-state index is 0.00329. The molecule has 1 aliphatic rings. The first-order chi connectivity index (χ1) is 10.9. The van der Waals surface area contributed by atoms with Gasteiger partial charge in [-0.3, -0.25) is 0 Å². The van der Waals surface area contributed by atoms with Crippen LogP contribution in [0.1, 0.15) is 11.5 Å². The van der Waals surface area contributed by atoms with Crippen LogP contribution >= 0.6 is 0 Å². The highest BCUT2D eigenvalue weighted by molar-refractivity contribution is 7.89. The molecule has 8 heteroatoms. The molecule has 0 amide bonds. The molecule has 2 aromatic rings. The van der Waals surface area contributed by atoms with Gasteiger partial charge >= 0.3 is 0 Å². The van der Waals surface area contributed by atoms with Gasteiger partial charge in [-0.2, -0.15) is 4.31 Å². The van der Waals surface area contributed by atoms with Crippen molar-refractivity contribution in [2.45, 2.75) is 10.9 Å². The molecule has 0 saturated carbocycles. The van der Waals surface area contributed by atoms with Crippen LogP contribution in [0.2, 0.25) is 0 Å².